The van der Waals surface area contributed by atoms with Crippen molar-refractivity contribution in [3.8, 4) is 0 Å². The molecule has 0 aromatic rings. The molecule has 0 bridgehead atoms. The zero-order valence-electron chi connectivity index (χ0n) is 12.1. The van der Waals surface area contributed by atoms with E-state index in [1.54, 1.807) is 0 Å². The van der Waals surface area contributed by atoms with E-state index in [-0.39, 0.29) is 36.8 Å². The number of aliphatic carboxylic acids is 3. The second kappa shape index (κ2) is 17.1. The number of ketones is 3. The minimum absolute atomic E-state index is 0. The summed E-state index contributed by atoms with van der Waals surface area (Å²) in [7, 11) is 0. The van der Waals surface area contributed by atoms with E-state index in [1.165, 1.54) is 20.8 Å². The number of carboxylic acid groups (broad SMARTS) is 3. The number of rotatable bonds is 6. The summed E-state index contributed by atoms with van der Waals surface area (Å²) in [6, 6.07) is 0. The molecular weight excluding hydrogens is 391 g/mol. The summed E-state index contributed by atoms with van der Waals surface area (Å²) in [6.07, 6.45) is -1.42. The zero-order chi connectivity index (χ0) is 17.6. The molecule has 0 aromatic heterocycles. The summed E-state index contributed by atoms with van der Waals surface area (Å²) in [6.45, 7) is 3.61. The van der Waals surface area contributed by atoms with Crippen molar-refractivity contribution >= 4 is 35.3 Å². The Morgan fingerprint density at radius 1 is 0.545 bits per heavy atom. The van der Waals surface area contributed by atoms with Gasteiger partial charge in [0.2, 0.25) is 0 Å². The Kier molecular flexibility index (Phi) is 21.9. The van der Waals surface area contributed by atoms with Crippen LogP contribution in [-0.2, 0) is 48.2 Å². The van der Waals surface area contributed by atoms with Gasteiger partial charge in [0, 0.05) is 37.2 Å². The molecule has 0 fully saturated rings. The van der Waals surface area contributed by atoms with Gasteiger partial charge < -0.3 is 29.7 Å². The molecule has 0 unspecified atom stereocenters. The van der Waals surface area contributed by atoms with Crippen LogP contribution in [-0.4, -0.2) is 35.3 Å². The van der Waals surface area contributed by atoms with Crippen LogP contribution in [0.4, 0.5) is 0 Å². The van der Waals surface area contributed by atoms with Crippen LogP contribution in [0, 0.1) is 0 Å². The maximum Gasteiger partial charge on any atom is 3.00 e. The van der Waals surface area contributed by atoms with Gasteiger partial charge >= 0.3 is 19.5 Å². The van der Waals surface area contributed by atoms with Crippen molar-refractivity contribution in [2.24, 2.45) is 0 Å². The topological polar surface area (TPSA) is 172 Å². The van der Waals surface area contributed by atoms with Crippen LogP contribution in [0.15, 0.2) is 0 Å². The fraction of sp³-hybridized carbons (Fsp3) is 0.500. The average Bonchev–Trinajstić information content (AvgIpc) is 2.10. The first-order chi connectivity index (χ1) is 9.38. The Morgan fingerprint density at radius 3 is 0.682 bits per heavy atom. The molecule has 0 aliphatic heterocycles. The summed E-state index contributed by atoms with van der Waals surface area (Å²) in [5.74, 6) is -5.06. The van der Waals surface area contributed by atoms with E-state index in [0.717, 1.165) is 0 Å². The van der Waals surface area contributed by atoms with Gasteiger partial charge in [-0.05, 0) is 20.8 Å². The Bertz CT molecular complexity index is 317. The van der Waals surface area contributed by atoms with Gasteiger partial charge in [-0.2, -0.15) is 0 Å². The van der Waals surface area contributed by atoms with Crippen molar-refractivity contribution in [2.45, 2.75) is 40.0 Å². The number of hydrogen-bond donors (Lipinski definition) is 0. The number of Topliss-reactive ketones (excluding diaryl/α,β-unsaturated/α-hetero) is 3. The largest absolute Gasteiger partial charge is 3.00 e. The van der Waals surface area contributed by atoms with Crippen LogP contribution in [0.1, 0.15) is 40.0 Å². The van der Waals surface area contributed by atoms with E-state index in [1.807, 2.05) is 0 Å². The van der Waals surface area contributed by atoms with Crippen molar-refractivity contribution in [3.05, 3.63) is 0 Å². The second-order valence-electron chi connectivity index (χ2n) is 3.75. The Balaban J connectivity index is -0.000000108. The number of carbonyl (C=O) groups excluding carboxylic acids is 6. The van der Waals surface area contributed by atoms with E-state index < -0.39 is 37.2 Å². The zero-order valence-corrected chi connectivity index (χ0v) is 13.8. The van der Waals surface area contributed by atoms with Crippen molar-refractivity contribution in [1.82, 2.24) is 0 Å². The molecule has 126 valence electrons. The third kappa shape index (κ3) is 52.0. The van der Waals surface area contributed by atoms with Crippen molar-refractivity contribution < 1.29 is 63.6 Å². The van der Waals surface area contributed by atoms with Gasteiger partial charge in [-0.15, -0.1) is 0 Å². The quantitative estimate of drug-likeness (QED) is 0.316. The van der Waals surface area contributed by atoms with Gasteiger partial charge in [-0.1, -0.05) is 0 Å². The molecule has 0 aliphatic carbocycles. The van der Waals surface area contributed by atoms with E-state index >= 15 is 0 Å². The molecule has 0 heterocycles. The maximum absolute atomic E-state index is 9.83. The molecule has 0 spiro atoms. The SMILES string of the molecule is CC(=O)CC(=O)[O-].CC(=O)CC(=O)[O-].CC(=O)CC(=O)[O-].[Rh+3]. The predicted molar refractivity (Wildman–Crippen MR) is 60.9 cm³/mol. The smallest absolute Gasteiger partial charge is 0.550 e. The molecule has 0 amide bonds. The first-order valence-electron chi connectivity index (χ1n) is 5.46. The van der Waals surface area contributed by atoms with Gasteiger partial charge in [-0.25, -0.2) is 0 Å². The van der Waals surface area contributed by atoms with Crippen molar-refractivity contribution in [2.75, 3.05) is 0 Å². The van der Waals surface area contributed by atoms with Gasteiger partial charge in [0.15, 0.2) is 0 Å². The average molecular weight is 406 g/mol. The van der Waals surface area contributed by atoms with Crippen LogP contribution in [0.2, 0.25) is 0 Å². The standard InChI is InChI=1S/3C4H6O3.Rh/c3*1-3(5)2-4(6)7;/h3*2H2,1H3,(H,6,7);/q;;;+3/p-3. The summed E-state index contributed by atoms with van der Waals surface area (Å²) < 4.78 is 0. The van der Waals surface area contributed by atoms with Crippen LogP contribution < -0.4 is 15.3 Å². The van der Waals surface area contributed by atoms with Gasteiger partial charge in [-0.3, -0.25) is 14.4 Å². The molecule has 0 aliphatic rings. The van der Waals surface area contributed by atoms with Crippen LogP contribution in [0.3, 0.4) is 0 Å². The van der Waals surface area contributed by atoms with Crippen molar-refractivity contribution in [3.63, 3.8) is 0 Å². The monoisotopic (exact) mass is 406 g/mol. The molecule has 0 N–H and O–H groups in total. The molecular formula is C12H15O9Rh. The molecule has 10 heteroatoms. The van der Waals surface area contributed by atoms with Gasteiger partial charge in [0.25, 0.3) is 0 Å². The molecule has 0 radical (unpaired) electrons. The van der Waals surface area contributed by atoms with Crippen LogP contribution >= 0.6 is 0 Å². The summed E-state index contributed by atoms with van der Waals surface area (Å²) in [5, 5.41) is 28.4. The third-order valence-electron chi connectivity index (χ3n) is 1.18. The van der Waals surface area contributed by atoms with E-state index in [4.69, 9.17) is 0 Å². The Hall–Kier alpha value is -1.96. The summed E-state index contributed by atoms with van der Waals surface area (Å²) in [5.41, 5.74) is 0. The Morgan fingerprint density at radius 2 is 0.682 bits per heavy atom. The number of hydrogen-bond acceptors (Lipinski definition) is 9. The molecule has 9 nitrogen and oxygen atoms in total. The molecule has 0 rings (SSSR count). The summed E-state index contributed by atoms with van der Waals surface area (Å²) >= 11 is 0. The molecule has 0 atom stereocenters. The molecule has 0 saturated heterocycles. The Labute approximate surface area is 139 Å². The number of carboxylic acids is 3. The number of carbonyl (C=O) groups is 6. The summed E-state index contributed by atoms with van der Waals surface area (Å²) in [4.78, 5) is 57.9. The van der Waals surface area contributed by atoms with Crippen LogP contribution in [0.5, 0.6) is 0 Å². The van der Waals surface area contributed by atoms with E-state index in [2.05, 4.69) is 0 Å². The first-order valence-corrected chi connectivity index (χ1v) is 5.46. The molecule has 22 heavy (non-hydrogen) atoms. The normalized spacial score (nSPS) is 7.77. The minimum atomic E-state index is -1.31. The fourth-order valence-corrected chi connectivity index (χ4v) is 0.610. The third-order valence-corrected chi connectivity index (χ3v) is 1.18. The van der Waals surface area contributed by atoms with Crippen molar-refractivity contribution in [1.29, 1.82) is 0 Å². The minimum Gasteiger partial charge on any atom is -0.550 e. The van der Waals surface area contributed by atoms with Gasteiger partial charge in [0.05, 0.1) is 0 Å². The maximum atomic E-state index is 9.83. The van der Waals surface area contributed by atoms with E-state index in [0.29, 0.717) is 0 Å². The van der Waals surface area contributed by atoms with E-state index in [9.17, 15) is 44.1 Å². The molecule has 0 aromatic carbocycles. The van der Waals surface area contributed by atoms with Gasteiger partial charge in [0.1, 0.15) is 17.3 Å². The van der Waals surface area contributed by atoms with Crippen LogP contribution in [0.25, 0.3) is 0 Å². The second-order valence-corrected chi connectivity index (χ2v) is 3.75. The predicted octanol–water partition coefficient (Wildman–Crippen LogP) is -3.86. The fourth-order valence-electron chi connectivity index (χ4n) is 0.610. The molecule has 0 saturated carbocycles. The first kappa shape index (κ1) is 28.2.